The molecule has 4 rings (SSSR count). The van der Waals surface area contributed by atoms with Crippen LogP contribution in [0.3, 0.4) is 0 Å². The van der Waals surface area contributed by atoms with Crippen molar-refractivity contribution in [3.05, 3.63) is 77.4 Å². The van der Waals surface area contributed by atoms with Crippen LogP contribution in [0.1, 0.15) is 19.4 Å². The SMILES string of the molecule is CCN(CC)C(=O)Oc1ccc2c(ccn2Cc2cccc(Cl)c2)c1-c1ccc(OC)c(OC)c1. The minimum absolute atomic E-state index is 0.380. The van der Waals surface area contributed by atoms with Crippen molar-refractivity contribution < 1.29 is 19.0 Å². The molecular formula is C28H29ClN2O4. The molecule has 4 aromatic rings. The largest absolute Gasteiger partial charge is 0.493 e. The molecule has 7 heteroatoms. The number of methoxy groups -OCH3 is 2. The van der Waals surface area contributed by atoms with Crippen LogP contribution in [0.2, 0.25) is 5.02 Å². The summed E-state index contributed by atoms with van der Waals surface area (Å²) in [6, 6.07) is 19.4. The van der Waals surface area contributed by atoms with Crippen LogP contribution in [0.5, 0.6) is 17.2 Å². The van der Waals surface area contributed by atoms with Crippen LogP contribution in [-0.2, 0) is 6.54 Å². The first-order chi connectivity index (χ1) is 17.0. The Kier molecular flexibility index (Phi) is 7.51. The number of halogens is 1. The Labute approximate surface area is 210 Å². The highest BCUT2D eigenvalue weighted by atomic mass is 35.5. The van der Waals surface area contributed by atoms with E-state index >= 15 is 0 Å². The fourth-order valence-corrected chi connectivity index (χ4v) is 4.45. The second-order valence-electron chi connectivity index (χ2n) is 8.06. The van der Waals surface area contributed by atoms with Crippen LogP contribution in [0.25, 0.3) is 22.0 Å². The van der Waals surface area contributed by atoms with Crippen molar-refractivity contribution in [2.45, 2.75) is 20.4 Å². The summed E-state index contributed by atoms with van der Waals surface area (Å²) >= 11 is 6.20. The molecule has 0 radical (unpaired) electrons. The van der Waals surface area contributed by atoms with Gasteiger partial charge in [0.15, 0.2) is 11.5 Å². The number of benzene rings is 3. The molecule has 0 atom stereocenters. The quantitative estimate of drug-likeness (QED) is 0.269. The van der Waals surface area contributed by atoms with Gasteiger partial charge in [0.05, 0.1) is 14.2 Å². The topological polar surface area (TPSA) is 52.9 Å². The van der Waals surface area contributed by atoms with Crippen molar-refractivity contribution in [1.29, 1.82) is 0 Å². The number of amides is 1. The first-order valence-corrected chi connectivity index (χ1v) is 11.9. The molecule has 0 unspecified atom stereocenters. The van der Waals surface area contributed by atoms with Gasteiger partial charge in [-0.3, -0.25) is 0 Å². The van der Waals surface area contributed by atoms with E-state index in [2.05, 4.69) is 4.57 Å². The van der Waals surface area contributed by atoms with Crippen LogP contribution in [0, 0.1) is 0 Å². The Morgan fingerprint density at radius 1 is 0.914 bits per heavy atom. The smallest absolute Gasteiger partial charge is 0.415 e. The Balaban J connectivity index is 1.85. The molecule has 1 amide bonds. The number of carbonyl (C=O) groups excluding carboxylic acids is 1. The summed E-state index contributed by atoms with van der Waals surface area (Å²) in [5.74, 6) is 1.71. The first-order valence-electron chi connectivity index (χ1n) is 11.5. The average molecular weight is 493 g/mol. The number of carbonyl (C=O) groups is 1. The van der Waals surface area contributed by atoms with Gasteiger partial charge in [0.2, 0.25) is 0 Å². The third-order valence-corrected chi connectivity index (χ3v) is 6.28. The molecule has 0 aliphatic rings. The fraction of sp³-hybridized carbons (Fsp3) is 0.250. The molecule has 3 aromatic carbocycles. The molecule has 1 heterocycles. The van der Waals surface area contributed by atoms with Gasteiger partial charge in [0.1, 0.15) is 5.75 Å². The lowest BCUT2D eigenvalue weighted by atomic mass is 10.00. The molecule has 0 N–H and O–H groups in total. The predicted molar refractivity (Wildman–Crippen MR) is 140 cm³/mol. The predicted octanol–water partition coefficient (Wildman–Crippen LogP) is 6.87. The zero-order valence-corrected chi connectivity index (χ0v) is 21.1. The Morgan fingerprint density at radius 3 is 2.34 bits per heavy atom. The molecule has 0 aliphatic heterocycles. The molecular weight excluding hydrogens is 464 g/mol. The summed E-state index contributed by atoms with van der Waals surface area (Å²) in [4.78, 5) is 14.5. The molecule has 182 valence electrons. The highest BCUT2D eigenvalue weighted by Gasteiger charge is 2.20. The van der Waals surface area contributed by atoms with Crippen LogP contribution < -0.4 is 14.2 Å². The molecule has 6 nitrogen and oxygen atoms in total. The second-order valence-corrected chi connectivity index (χ2v) is 8.49. The highest BCUT2D eigenvalue weighted by molar-refractivity contribution is 6.30. The van der Waals surface area contributed by atoms with Crippen molar-refractivity contribution in [1.82, 2.24) is 9.47 Å². The Hall–Kier alpha value is -3.64. The van der Waals surface area contributed by atoms with Gasteiger partial charge in [-0.15, -0.1) is 0 Å². The minimum Gasteiger partial charge on any atom is -0.493 e. The summed E-state index contributed by atoms with van der Waals surface area (Å²) in [7, 11) is 3.20. The van der Waals surface area contributed by atoms with E-state index in [9.17, 15) is 4.79 Å². The normalized spacial score (nSPS) is 10.9. The first kappa shape index (κ1) is 24.5. The lowest BCUT2D eigenvalue weighted by molar-refractivity contribution is 0.157. The summed E-state index contributed by atoms with van der Waals surface area (Å²) in [6.45, 7) is 5.66. The van der Waals surface area contributed by atoms with Crippen molar-refractivity contribution >= 4 is 28.6 Å². The van der Waals surface area contributed by atoms with E-state index in [0.29, 0.717) is 41.9 Å². The molecule has 0 fully saturated rings. The number of nitrogens with zero attached hydrogens (tertiary/aromatic N) is 2. The number of ether oxygens (including phenoxy) is 3. The maximum atomic E-state index is 12.8. The monoisotopic (exact) mass is 492 g/mol. The minimum atomic E-state index is -0.380. The average Bonchev–Trinajstić information content (AvgIpc) is 3.26. The van der Waals surface area contributed by atoms with E-state index in [1.54, 1.807) is 19.1 Å². The van der Waals surface area contributed by atoms with E-state index in [0.717, 1.165) is 27.6 Å². The van der Waals surface area contributed by atoms with Gasteiger partial charge in [-0.1, -0.05) is 29.8 Å². The molecule has 0 aliphatic carbocycles. The third-order valence-electron chi connectivity index (χ3n) is 6.05. The number of rotatable bonds is 8. The van der Waals surface area contributed by atoms with Gasteiger partial charge in [-0.25, -0.2) is 4.79 Å². The molecule has 0 saturated carbocycles. The fourth-order valence-electron chi connectivity index (χ4n) is 4.24. The molecule has 0 bridgehead atoms. The van der Waals surface area contributed by atoms with Gasteiger partial charge < -0.3 is 23.7 Å². The summed E-state index contributed by atoms with van der Waals surface area (Å²) in [5.41, 5.74) is 3.78. The van der Waals surface area contributed by atoms with Gasteiger partial charge >= 0.3 is 6.09 Å². The van der Waals surface area contributed by atoms with Crippen LogP contribution in [-0.4, -0.2) is 42.9 Å². The van der Waals surface area contributed by atoms with Crippen molar-refractivity contribution in [2.24, 2.45) is 0 Å². The summed E-state index contributed by atoms with van der Waals surface area (Å²) in [6.07, 6.45) is 1.65. The van der Waals surface area contributed by atoms with Crippen LogP contribution >= 0.6 is 11.6 Å². The highest BCUT2D eigenvalue weighted by Crippen LogP contribution is 2.41. The zero-order valence-electron chi connectivity index (χ0n) is 20.4. The Morgan fingerprint density at radius 2 is 1.66 bits per heavy atom. The number of hydrogen-bond donors (Lipinski definition) is 0. The van der Waals surface area contributed by atoms with E-state index in [1.165, 1.54) is 0 Å². The van der Waals surface area contributed by atoms with Gasteiger partial charge in [-0.05, 0) is 67.4 Å². The maximum absolute atomic E-state index is 12.8. The lowest BCUT2D eigenvalue weighted by Gasteiger charge is -2.20. The van der Waals surface area contributed by atoms with Crippen molar-refractivity contribution in [2.75, 3.05) is 27.3 Å². The van der Waals surface area contributed by atoms with Gasteiger partial charge in [0, 0.05) is 47.3 Å². The third kappa shape index (κ3) is 5.08. The number of fused-ring (bicyclic) bond motifs is 1. The second kappa shape index (κ2) is 10.7. The van der Waals surface area contributed by atoms with Crippen molar-refractivity contribution in [3.63, 3.8) is 0 Å². The lowest BCUT2D eigenvalue weighted by Crippen LogP contribution is -2.33. The van der Waals surface area contributed by atoms with Crippen molar-refractivity contribution in [3.8, 4) is 28.4 Å². The molecule has 35 heavy (non-hydrogen) atoms. The Bertz CT molecular complexity index is 1340. The molecule has 0 saturated heterocycles. The molecule has 1 aromatic heterocycles. The van der Waals surface area contributed by atoms with Crippen LogP contribution in [0.15, 0.2) is 66.9 Å². The van der Waals surface area contributed by atoms with E-state index < -0.39 is 0 Å². The number of aromatic nitrogens is 1. The standard InChI is InChI=1S/C28H29ClN2O4/c1-5-30(6-2)28(32)35-25-13-11-23-22(14-15-31(23)18-19-8-7-9-21(29)16-19)27(25)20-10-12-24(33-3)26(17-20)34-4/h7-17H,5-6,18H2,1-4H3. The van der Waals surface area contributed by atoms with Gasteiger partial charge in [-0.2, -0.15) is 0 Å². The molecule has 0 spiro atoms. The van der Waals surface area contributed by atoms with Gasteiger partial charge in [0.25, 0.3) is 0 Å². The van der Waals surface area contributed by atoms with E-state index in [4.69, 9.17) is 25.8 Å². The van der Waals surface area contributed by atoms with Crippen LogP contribution in [0.4, 0.5) is 4.79 Å². The number of hydrogen-bond acceptors (Lipinski definition) is 4. The summed E-state index contributed by atoms with van der Waals surface area (Å²) < 4.78 is 19.0. The van der Waals surface area contributed by atoms with E-state index in [1.807, 2.05) is 80.7 Å². The summed E-state index contributed by atoms with van der Waals surface area (Å²) in [5, 5.41) is 1.67. The maximum Gasteiger partial charge on any atom is 0.415 e. The van der Waals surface area contributed by atoms with E-state index in [-0.39, 0.29) is 6.09 Å². The zero-order chi connectivity index (χ0) is 24.9.